The van der Waals surface area contributed by atoms with Crippen molar-refractivity contribution in [1.29, 1.82) is 0 Å². The van der Waals surface area contributed by atoms with Crippen LogP contribution in [0, 0.1) is 0 Å². The highest BCUT2D eigenvalue weighted by molar-refractivity contribution is 9.10. The maximum Gasteiger partial charge on any atom is 0.0227 e. The average Bonchev–Trinajstić information content (AvgIpc) is 3.48. The van der Waals surface area contributed by atoms with Crippen LogP contribution in [0.1, 0.15) is 33.4 Å². The van der Waals surface area contributed by atoms with Gasteiger partial charge in [0.2, 0.25) is 0 Å². The third-order valence-corrected chi connectivity index (χ3v) is 8.86. The first-order chi connectivity index (χ1) is 16.2. The molecule has 2 aliphatic carbocycles. The van der Waals surface area contributed by atoms with E-state index < -0.39 is 0 Å². The number of rotatable bonds is 4. The maximum absolute atomic E-state index is 3.86. The minimum Gasteiger partial charge on any atom is -0.0894 e. The van der Waals surface area contributed by atoms with Gasteiger partial charge in [0.05, 0.1) is 0 Å². The van der Waals surface area contributed by atoms with Gasteiger partial charge in [-0.25, -0.2) is 0 Å². The van der Waals surface area contributed by atoms with E-state index in [1.807, 2.05) is 11.8 Å². The standard InChI is InChI=1S/C30H20Br2S/c31-28-11-12-30(27-17-22(16-26(27)28)20-9-5-2-6-10-20)33-24-14-23-13-21(15-25(23)29(32)18-24)19-7-3-1-4-8-19/h1-14,17-18H,15-16H2. The minimum absolute atomic E-state index is 0.964. The Morgan fingerprint density at radius 1 is 0.606 bits per heavy atom. The lowest BCUT2D eigenvalue weighted by Gasteiger charge is -2.11. The highest BCUT2D eigenvalue weighted by Gasteiger charge is 2.22. The molecule has 0 heterocycles. The van der Waals surface area contributed by atoms with Crippen molar-refractivity contribution in [2.45, 2.75) is 22.6 Å². The van der Waals surface area contributed by atoms with Crippen molar-refractivity contribution in [1.82, 2.24) is 0 Å². The largest absolute Gasteiger partial charge is 0.0894 e. The van der Waals surface area contributed by atoms with E-state index in [0.717, 1.165) is 12.8 Å². The molecule has 2 aliphatic rings. The normalized spacial score (nSPS) is 14.0. The van der Waals surface area contributed by atoms with Crippen LogP contribution in [0.15, 0.2) is 104 Å². The molecule has 160 valence electrons. The van der Waals surface area contributed by atoms with E-state index in [4.69, 9.17) is 0 Å². The van der Waals surface area contributed by atoms with Gasteiger partial charge in [0.15, 0.2) is 0 Å². The zero-order valence-corrected chi connectivity index (χ0v) is 21.8. The molecule has 4 aromatic carbocycles. The van der Waals surface area contributed by atoms with Gasteiger partial charge in [-0.3, -0.25) is 0 Å². The molecule has 0 nitrogen and oxygen atoms in total. The number of hydrogen-bond acceptors (Lipinski definition) is 1. The molecule has 0 N–H and O–H groups in total. The first-order valence-electron chi connectivity index (χ1n) is 11.0. The quantitative estimate of drug-likeness (QED) is 0.235. The summed E-state index contributed by atoms with van der Waals surface area (Å²) in [4.78, 5) is 2.56. The van der Waals surface area contributed by atoms with Crippen molar-refractivity contribution in [3.05, 3.63) is 127 Å². The van der Waals surface area contributed by atoms with Crippen LogP contribution < -0.4 is 0 Å². The molecule has 0 bridgehead atoms. The van der Waals surface area contributed by atoms with Crippen molar-refractivity contribution in [3.63, 3.8) is 0 Å². The fourth-order valence-electron chi connectivity index (χ4n) is 4.70. The second kappa shape index (κ2) is 8.79. The van der Waals surface area contributed by atoms with Gasteiger partial charge in [-0.05, 0) is 87.7 Å². The Morgan fingerprint density at radius 3 is 1.94 bits per heavy atom. The Hall–Kier alpha value is -2.33. The highest BCUT2D eigenvalue weighted by atomic mass is 79.9. The van der Waals surface area contributed by atoms with Crippen molar-refractivity contribution in [3.8, 4) is 0 Å². The Morgan fingerprint density at radius 2 is 1.24 bits per heavy atom. The first kappa shape index (κ1) is 21.2. The van der Waals surface area contributed by atoms with E-state index in [1.165, 1.54) is 63.3 Å². The van der Waals surface area contributed by atoms with Crippen LogP contribution in [-0.4, -0.2) is 0 Å². The summed E-state index contributed by atoms with van der Waals surface area (Å²) in [5.74, 6) is 0. The fourth-order valence-corrected chi connectivity index (χ4v) is 6.99. The van der Waals surface area contributed by atoms with Gasteiger partial charge in [0, 0.05) is 18.7 Å². The molecule has 0 radical (unpaired) electrons. The molecule has 0 atom stereocenters. The second-order valence-electron chi connectivity index (χ2n) is 8.44. The lowest BCUT2D eigenvalue weighted by atomic mass is 10.0. The predicted octanol–water partition coefficient (Wildman–Crippen LogP) is 9.56. The summed E-state index contributed by atoms with van der Waals surface area (Å²) in [5, 5.41) is 0. The lowest BCUT2D eigenvalue weighted by molar-refractivity contribution is 1.23. The SMILES string of the molecule is Brc1cc(Sc2ccc(Br)c3c2C=C(c2ccccc2)C3)cc2c1CC(c1ccccc1)=C2. The van der Waals surface area contributed by atoms with Gasteiger partial charge in [0.25, 0.3) is 0 Å². The molecular formula is C30H20Br2S. The maximum atomic E-state index is 3.86. The van der Waals surface area contributed by atoms with Crippen molar-refractivity contribution in [2.24, 2.45) is 0 Å². The third-order valence-electron chi connectivity index (χ3n) is 6.36. The fraction of sp³-hybridized carbons (Fsp3) is 0.0667. The molecular weight excluding hydrogens is 552 g/mol. The molecule has 0 unspecified atom stereocenters. The topological polar surface area (TPSA) is 0 Å². The van der Waals surface area contributed by atoms with Crippen LogP contribution in [0.2, 0.25) is 0 Å². The van der Waals surface area contributed by atoms with Gasteiger partial charge in [-0.15, -0.1) is 0 Å². The number of benzene rings is 4. The number of halogens is 2. The zero-order valence-electron chi connectivity index (χ0n) is 17.8. The van der Waals surface area contributed by atoms with E-state index in [0.29, 0.717) is 0 Å². The summed E-state index contributed by atoms with van der Waals surface area (Å²) in [6, 6.07) is 30.4. The zero-order chi connectivity index (χ0) is 22.4. The number of hydrogen-bond donors (Lipinski definition) is 0. The van der Waals surface area contributed by atoms with Crippen LogP contribution in [0.3, 0.4) is 0 Å². The highest BCUT2D eigenvalue weighted by Crippen LogP contribution is 2.45. The molecule has 0 amide bonds. The Kier molecular flexibility index (Phi) is 5.65. The van der Waals surface area contributed by atoms with E-state index in [1.54, 1.807) is 0 Å². The van der Waals surface area contributed by atoms with Gasteiger partial charge in [0.1, 0.15) is 0 Å². The molecule has 33 heavy (non-hydrogen) atoms. The van der Waals surface area contributed by atoms with E-state index in [-0.39, 0.29) is 0 Å². The minimum atomic E-state index is 0.964. The van der Waals surface area contributed by atoms with Crippen LogP contribution in [0.4, 0.5) is 0 Å². The van der Waals surface area contributed by atoms with E-state index in [9.17, 15) is 0 Å². The number of allylic oxidation sites excluding steroid dienone is 2. The molecule has 0 saturated heterocycles. The summed E-state index contributed by atoms with van der Waals surface area (Å²) >= 11 is 9.50. The summed E-state index contributed by atoms with van der Waals surface area (Å²) in [6.45, 7) is 0. The molecule has 0 aromatic heterocycles. The second-order valence-corrected chi connectivity index (χ2v) is 11.3. The lowest BCUT2D eigenvalue weighted by Crippen LogP contribution is -1.90. The van der Waals surface area contributed by atoms with Gasteiger partial charge in [-0.2, -0.15) is 0 Å². The van der Waals surface area contributed by atoms with Crippen molar-refractivity contribution < 1.29 is 0 Å². The monoisotopic (exact) mass is 570 g/mol. The summed E-state index contributed by atoms with van der Waals surface area (Å²) in [7, 11) is 0. The summed E-state index contributed by atoms with van der Waals surface area (Å²) in [5.41, 5.74) is 10.8. The summed E-state index contributed by atoms with van der Waals surface area (Å²) < 4.78 is 2.38. The first-order valence-corrected chi connectivity index (χ1v) is 13.4. The van der Waals surface area contributed by atoms with Crippen LogP contribution in [-0.2, 0) is 12.8 Å². The van der Waals surface area contributed by atoms with Crippen LogP contribution in [0.5, 0.6) is 0 Å². The molecule has 3 heteroatoms. The van der Waals surface area contributed by atoms with Crippen LogP contribution >= 0.6 is 43.6 Å². The molecule has 0 spiro atoms. The molecule has 0 aliphatic heterocycles. The van der Waals surface area contributed by atoms with Crippen LogP contribution in [0.25, 0.3) is 23.3 Å². The van der Waals surface area contributed by atoms with E-state index in [2.05, 4.69) is 129 Å². The Labute approximate surface area is 215 Å². The third kappa shape index (κ3) is 4.07. The van der Waals surface area contributed by atoms with Crippen molar-refractivity contribution >= 4 is 66.9 Å². The molecule has 4 aromatic rings. The molecule has 0 saturated carbocycles. The van der Waals surface area contributed by atoms with Gasteiger partial charge in [-0.1, -0.05) is 110 Å². The summed E-state index contributed by atoms with van der Waals surface area (Å²) in [6.07, 6.45) is 6.65. The Balaban J connectivity index is 1.35. The molecule has 0 fully saturated rings. The van der Waals surface area contributed by atoms with Gasteiger partial charge >= 0.3 is 0 Å². The Bertz CT molecular complexity index is 1430. The van der Waals surface area contributed by atoms with E-state index >= 15 is 0 Å². The van der Waals surface area contributed by atoms with Gasteiger partial charge < -0.3 is 0 Å². The van der Waals surface area contributed by atoms with Crippen molar-refractivity contribution in [2.75, 3.05) is 0 Å². The predicted molar refractivity (Wildman–Crippen MR) is 148 cm³/mol. The molecule has 6 rings (SSSR count). The smallest absolute Gasteiger partial charge is 0.0227 e. The average molecular weight is 572 g/mol. The number of fused-ring (bicyclic) bond motifs is 2.